The highest BCUT2D eigenvalue weighted by molar-refractivity contribution is 6.12. The van der Waals surface area contributed by atoms with Crippen LogP contribution in [0.4, 0.5) is 0 Å². The third-order valence-electron chi connectivity index (χ3n) is 9.42. The largest absolute Gasteiger partial charge is 0.308 e. The minimum atomic E-state index is 0.621. The second kappa shape index (κ2) is 10.9. The molecule has 0 N–H and O–H groups in total. The molecule has 4 heteroatoms. The molecule has 48 heavy (non-hydrogen) atoms. The first kappa shape index (κ1) is 27.4. The SMILES string of the molecule is N#Cc1c(-c2cccc(-c3ccccc3-n3c4ccccc4c4cccc(C#N)c43)c2)cccc1-n1c2ccccc2c2ccccc21. The molecule has 0 saturated carbocycles. The van der Waals surface area contributed by atoms with Gasteiger partial charge in [-0.25, -0.2) is 0 Å². The Morgan fingerprint density at radius 3 is 1.58 bits per heavy atom. The van der Waals surface area contributed by atoms with E-state index in [0.717, 1.165) is 77.2 Å². The van der Waals surface area contributed by atoms with E-state index < -0.39 is 0 Å². The number of hydrogen-bond acceptors (Lipinski definition) is 2. The van der Waals surface area contributed by atoms with Gasteiger partial charge in [-0.1, -0.05) is 115 Å². The lowest BCUT2D eigenvalue weighted by molar-refractivity contribution is 1.17. The predicted molar refractivity (Wildman–Crippen MR) is 195 cm³/mol. The number of rotatable bonds is 4. The Balaban J connectivity index is 1.25. The van der Waals surface area contributed by atoms with Crippen LogP contribution in [0.1, 0.15) is 11.1 Å². The fraction of sp³-hybridized carbons (Fsp3) is 0. The van der Waals surface area contributed by atoms with Crippen LogP contribution in [0.3, 0.4) is 0 Å². The zero-order valence-electron chi connectivity index (χ0n) is 25.8. The lowest BCUT2D eigenvalue weighted by Crippen LogP contribution is -2.00. The summed E-state index contributed by atoms with van der Waals surface area (Å²) >= 11 is 0. The van der Waals surface area contributed by atoms with Gasteiger partial charge in [-0.2, -0.15) is 10.5 Å². The van der Waals surface area contributed by atoms with Crippen molar-refractivity contribution in [2.75, 3.05) is 0 Å². The smallest absolute Gasteiger partial charge is 0.102 e. The summed E-state index contributed by atoms with van der Waals surface area (Å²) in [5, 5.41) is 25.3. The third kappa shape index (κ3) is 4.01. The van der Waals surface area contributed by atoms with E-state index in [4.69, 9.17) is 0 Å². The van der Waals surface area contributed by atoms with Gasteiger partial charge in [0.1, 0.15) is 12.1 Å². The average molecular weight is 611 g/mol. The Morgan fingerprint density at radius 1 is 0.396 bits per heavy atom. The lowest BCUT2D eigenvalue weighted by atomic mass is 9.94. The van der Waals surface area contributed by atoms with E-state index >= 15 is 0 Å². The van der Waals surface area contributed by atoms with Gasteiger partial charge in [-0.15, -0.1) is 0 Å². The molecule has 0 spiro atoms. The fourth-order valence-corrected chi connectivity index (χ4v) is 7.39. The maximum Gasteiger partial charge on any atom is 0.102 e. The molecule has 0 amide bonds. The van der Waals surface area contributed by atoms with Crippen LogP contribution in [0.15, 0.2) is 158 Å². The van der Waals surface area contributed by atoms with Crippen molar-refractivity contribution in [3.63, 3.8) is 0 Å². The van der Waals surface area contributed by atoms with Gasteiger partial charge in [0.15, 0.2) is 0 Å². The monoisotopic (exact) mass is 610 g/mol. The van der Waals surface area contributed by atoms with Crippen molar-refractivity contribution in [3.05, 3.63) is 169 Å². The summed E-state index contributed by atoms with van der Waals surface area (Å²) in [7, 11) is 0. The van der Waals surface area contributed by atoms with Gasteiger partial charge >= 0.3 is 0 Å². The second-order valence-electron chi connectivity index (χ2n) is 11.9. The van der Waals surface area contributed by atoms with E-state index in [-0.39, 0.29) is 0 Å². The molecule has 2 heterocycles. The van der Waals surface area contributed by atoms with Crippen LogP contribution in [0, 0.1) is 22.7 Å². The van der Waals surface area contributed by atoms with Crippen LogP contribution in [0.25, 0.3) is 77.2 Å². The molecular formula is C44H26N4. The van der Waals surface area contributed by atoms with Crippen LogP contribution in [0.5, 0.6) is 0 Å². The van der Waals surface area contributed by atoms with Crippen LogP contribution in [-0.4, -0.2) is 9.13 Å². The quantitative estimate of drug-likeness (QED) is 0.199. The highest BCUT2D eigenvalue weighted by Gasteiger charge is 2.20. The summed E-state index contributed by atoms with van der Waals surface area (Å²) in [5.41, 5.74) is 11.1. The Morgan fingerprint density at radius 2 is 0.896 bits per heavy atom. The molecule has 0 radical (unpaired) electrons. The summed E-state index contributed by atoms with van der Waals surface area (Å²) < 4.78 is 4.43. The van der Waals surface area contributed by atoms with Gasteiger partial charge in [-0.05, 0) is 53.6 Å². The molecule has 4 nitrogen and oxygen atoms in total. The van der Waals surface area contributed by atoms with Gasteiger partial charge < -0.3 is 9.13 Å². The van der Waals surface area contributed by atoms with Crippen molar-refractivity contribution in [3.8, 4) is 45.8 Å². The summed E-state index contributed by atoms with van der Waals surface area (Å²) in [4.78, 5) is 0. The molecule has 9 aromatic rings. The summed E-state index contributed by atoms with van der Waals surface area (Å²) in [6.07, 6.45) is 0. The van der Waals surface area contributed by atoms with E-state index in [2.05, 4.69) is 112 Å². The number of nitrogens with zero attached hydrogens (tertiary/aromatic N) is 4. The topological polar surface area (TPSA) is 57.4 Å². The van der Waals surface area contributed by atoms with Gasteiger partial charge in [-0.3, -0.25) is 0 Å². The molecule has 7 aromatic carbocycles. The Hall–Kier alpha value is -6.88. The lowest BCUT2D eigenvalue weighted by Gasteiger charge is -2.16. The van der Waals surface area contributed by atoms with Crippen LogP contribution in [0.2, 0.25) is 0 Å². The molecule has 0 bridgehead atoms. The van der Waals surface area contributed by atoms with E-state index in [1.807, 2.05) is 66.7 Å². The highest BCUT2D eigenvalue weighted by atomic mass is 15.0. The number of fused-ring (bicyclic) bond motifs is 6. The average Bonchev–Trinajstić information content (AvgIpc) is 3.67. The van der Waals surface area contributed by atoms with Crippen LogP contribution in [-0.2, 0) is 0 Å². The van der Waals surface area contributed by atoms with Gasteiger partial charge in [0.25, 0.3) is 0 Å². The summed E-state index contributed by atoms with van der Waals surface area (Å²) in [5.74, 6) is 0. The van der Waals surface area contributed by atoms with Crippen molar-refractivity contribution < 1.29 is 0 Å². The maximum absolute atomic E-state index is 10.7. The minimum absolute atomic E-state index is 0.621. The van der Waals surface area contributed by atoms with Crippen molar-refractivity contribution >= 4 is 43.6 Å². The molecule has 222 valence electrons. The number of hydrogen-bond donors (Lipinski definition) is 0. The summed E-state index contributed by atoms with van der Waals surface area (Å²) in [6, 6.07) is 58.8. The molecular weight excluding hydrogens is 585 g/mol. The minimum Gasteiger partial charge on any atom is -0.308 e. The van der Waals surface area contributed by atoms with E-state index in [1.54, 1.807) is 0 Å². The molecule has 0 aliphatic carbocycles. The molecule has 0 saturated heterocycles. The molecule has 9 rings (SSSR count). The van der Waals surface area contributed by atoms with Crippen molar-refractivity contribution in [1.29, 1.82) is 10.5 Å². The fourth-order valence-electron chi connectivity index (χ4n) is 7.39. The molecule has 2 aromatic heterocycles. The molecule has 0 aliphatic rings. The van der Waals surface area contributed by atoms with E-state index in [1.165, 1.54) is 0 Å². The van der Waals surface area contributed by atoms with Gasteiger partial charge in [0, 0.05) is 32.7 Å². The van der Waals surface area contributed by atoms with Gasteiger partial charge in [0.05, 0.1) is 44.6 Å². The van der Waals surface area contributed by atoms with Gasteiger partial charge in [0.2, 0.25) is 0 Å². The molecule has 0 atom stereocenters. The van der Waals surface area contributed by atoms with Crippen LogP contribution < -0.4 is 0 Å². The number of benzene rings is 7. The number of aromatic nitrogens is 2. The van der Waals surface area contributed by atoms with E-state index in [0.29, 0.717) is 11.1 Å². The highest BCUT2D eigenvalue weighted by Crippen LogP contribution is 2.40. The first-order valence-electron chi connectivity index (χ1n) is 15.9. The second-order valence-corrected chi connectivity index (χ2v) is 11.9. The van der Waals surface area contributed by atoms with Crippen molar-refractivity contribution in [2.45, 2.75) is 0 Å². The van der Waals surface area contributed by atoms with Crippen LogP contribution >= 0.6 is 0 Å². The Bertz CT molecular complexity index is 2760. The molecule has 0 aliphatic heterocycles. The molecule has 0 fully saturated rings. The first-order chi connectivity index (χ1) is 23.8. The normalized spacial score (nSPS) is 11.3. The maximum atomic E-state index is 10.7. The zero-order chi connectivity index (χ0) is 32.2. The number of para-hydroxylation sites is 5. The first-order valence-corrected chi connectivity index (χ1v) is 15.9. The van der Waals surface area contributed by atoms with Crippen molar-refractivity contribution in [1.82, 2.24) is 9.13 Å². The Labute approximate surface area is 277 Å². The predicted octanol–water partition coefficient (Wildman–Crippen LogP) is 11.0. The third-order valence-corrected chi connectivity index (χ3v) is 9.42. The Kier molecular flexibility index (Phi) is 6.22. The summed E-state index contributed by atoms with van der Waals surface area (Å²) in [6.45, 7) is 0. The molecule has 0 unspecified atom stereocenters. The van der Waals surface area contributed by atoms with E-state index in [9.17, 15) is 10.5 Å². The standard InChI is InChI=1S/C44H26N4/c45-27-31-14-10-20-37-36-18-4-8-24-42(36)48(44(31)37)39-21-5-1-15-33(39)30-13-9-12-29(26-30)32-19-11-25-43(38(32)28-46)47-40-22-6-2-16-34(40)35-17-3-7-23-41(35)47/h1-26H. The zero-order valence-corrected chi connectivity index (χ0v) is 25.8. The van der Waals surface area contributed by atoms with Crippen molar-refractivity contribution in [2.24, 2.45) is 0 Å². The number of nitriles is 2.